The summed E-state index contributed by atoms with van der Waals surface area (Å²) in [5.74, 6) is -4.27. The average molecular weight is 331 g/mol. The summed E-state index contributed by atoms with van der Waals surface area (Å²) in [6.45, 7) is 0. The number of nitrogens with one attached hydrogen (secondary N) is 1. The van der Waals surface area contributed by atoms with Crippen molar-refractivity contribution in [3.05, 3.63) is 58.1 Å². The highest BCUT2D eigenvalue weighted by Gasteiger charge is 2.13. The molecule has 0 unspecified atom stereocenters. The third-order valence-electron chi connectivity index (χ3n) is 2.25. The normalized spacial score (nSPS) is 10.3. The topological polar surface area (TPSA) is 42.0 Å². The molecule has 0 spiro atoms. The van der Waals surface area contributed by atoms with Crippen LogP contribution in [0.5, 0.6) is 0 Å². The number of amides is 1. The van der Waals surface area contributed by atoms with E-state index in [2.05, 4.69) is 26.2 Å². The number of pyridine rings is 1. The summed E-state index contributed by atoms with van der Waals surface area (Å²) in [7, 11) is 0. The zero-order valence-electron chi connectivity index (χ0n) is 9.25. The number of anilines is 1. The van der Waals surface area contributed by atoms with Crippen LogP contribution in [0.25, 0.3) is 0 Å². The van der Waals surface area contributed by atoms with Crippen LogP contribution in [-0.2, 0) is 0 Å². The molecule has 0 radical (unpaired) electrons. The molecule has 7 heteroatoms. The number of hydrogen-bond donors (Lipinski definition) is 1. The zero-order valence-corrected chi connectivity index (χ0v) is 10.8. The minimum Gasteiger partial charge on any atom is -0.319 e. The Morgan fingerprint density at radius 2 is 1.79 bits per heavy atom. The number of rotatable bonds is 2. The summed E-state index contributed by atoms with van der Waals surface area (Å²) >= 11 is 3.08. The van der Waals surface area contributed by atoms with E-state index in [0.717, 1.165) is 0 Å². The predicted octanol–water partition coefficient (Wildman–Crippen LogP) is 3.51. The fourth-order valence-electron chi connectivity index (χ4n) is 1.36. The number of halogens is 4. The van der Waals surface area contributed by atoms with Gasteiger partial charge >= 0.3 is 0 Å². The molecule has 0 fully saturated rings. The Morgan fingerprint density at radius 3 is 2.47 bits per heavy atom. The summed E-state index contributed by atoms with van der Waals surface area (Å²) < 4.78 is 39.5. The van der Waals surface area contributed by atoms with Crippen molar-refractivity contribution < 1.29 is 18.0 Å². The Balaban J connectivity index is 2.27. The second-order valence-electron chi connectivity index (χ2n) is 3.57. The Labute approximate surface area is 114 Å². The van der Waals surface area contributed by atoms with Crippen LogP contribution in [0, 0.1) is 17.5 Å². The molecule has 2 rings (SSSR count). The summed E-state index contributed by atoms with van der Waals surface area (Å²) in [4.78, 5) is 15.6. The van der Waals surface area contributed by atoms with E-state index in [9.17, 15) is 18.0 Å². The zero-order chi connectivity index (χ0) is 14.0. The van der Waals surface area contributed by atoms with Crippen molar-refractivity contribution >= 4 is 27.5 Å². The molecule has 1 heterocycles. The Hall–Kier alpha value is -1.89. The third kappa shape index (κ3) is 3.11. The molecule has 1 N–H and O–H groups in total. The SMILES string of the molecule is O=C(Nc1cc(F)c(F)cc1F)c1ccnc(Br)c1. The van der Waals surface area contributed by atoms with Gasteiger partial charge in [0.05, 0.1) is 5.69 Å². The molecule has 3 nitrogen and oxygen atoms in total. The predicted molar refractivity (Wildman–Crippen MR) is 66.2 cm³/mol. The fraction of sp³-hybridized carbons (Fsp3) is 0. The molecule has 0 saturated carbocycles. The van der Waals surface area contributed by atoms with Crippen LogP contribution in [0.2, 0.25) is 0 Å². The molecule has 0 aliphatic carbocycles. The maximum absolute atomic E-state index is 13.3. The monoisotopic (exact) mass is 330 g/mol. The number of nitrogens with zero attached hydrogens (tertiary/aromatic N) is 1. The Kier molecular flexibility index (Phi) is 3.84. The average Bonchev–Trinajstić information content (AvgIpc) is 2.36. The van der Waals surface area contributed by atoms with E-state index in [1.807, 2.05) is 0 Å². The molecule has 98 valence electrons. The van der Waals surface area contributed by atoms with E-state index >= 15 is 0 Å². The standard InChI is InChI=1S/C12H6BrF3N2O/c13-11-3-6(1-2-17-11)12(19)18-10-5-8(15)7(14)4-9(10)16/h1-5H,(H,18,19). The molecule has 0 saturated heterocycles. The highest BCUT2D eigenvalue weighted by atomic mass is 79.9. The second kappa shape index (κ2) is 5.40. The van der Waals surface area contributed by atoms with Gasteiger partial charge in [-0.2, -0.15) is 0 Å². The van der Waals surface area contributed by atoms with Crippen LogP contribution in [0.1, 0.15) is 10.4 Å². The molecular formula is C12H6BrF3N2O. The van der Waals surface area contributed by atoms with Gasteiger partial charge in [-0.25, -0.2) is 18.2 Å². The first-order valence-corrected chi connectivity index (χ1v) is 5.84. The van der Waals surface area contributed by atoms with Gasteiger partial charge in [0.1, 0.15) is 10.4 Å². The smallest absolute Gasteiger partial charge is 0.255 e. The number of carbonyl (C=O) groups excluding carboxylic acids is 1. The van der Waals surface area contributed by atoms with E-state index in [-0.39, 0.29) is 5.56 Å². The van der Waals surface area contributed by atoms with Crippen LogP contribution in [0.4, 0.5) is 18.9 Å². The minimum absolute atomic E-state index is 0.200. The second-order valence-corrected chi connectivity index (χ2v) is 4.38. The highest BCUT2D eigenvalue weighted by molar-refractivity contribution is 9.10. The van der Waals surface area contributed by atoms with Crippen LogP contribution in [-0.4, -0.2) is 10.9 Å². The number of hydrogen-bond acceptors (Lipinski definition) is 2. The quantitative estimate of drug-likeness (QED) is 0.676. The first kappa shape index (κ1) is 13.5. The van der Waals surface area contributed by atoms with Crippen molar-refractivity contribution in [1.82, 2.24) is 4.98 Å². The summed E-state index contributed by atoms with van der Waals surface area (Å²) in [6, 6.07) is 3.76. The minimum atomic E-state index is -1.32. The Morgan fingerprint density at radius 1 is 1.11 bits per heavy atom. The first-order chi connectivity index (χ1) is 8.97. The van der Waals surface area contributed by atoms with Crippen LogP contribution >= 0.6 is 15.9 Å². The largest absolute Gasteiger partial charge is 0.319 e. The maximum Gasteiger partial charge on any atom is 0.255 e. The summed E-state index contributed by atoms with van der Waals surface area (Å²) in [6.07, 6.45) is 1.38. The van der Waals surface area contributed by atoms with Gasteiger partial charge in [0.15, 0.2) is 11.6 Å². The van der Waals surface area contributed by atoms with Crippen molar-refractivity contribution in [1.29, 1.82) is 0 Å². The lowest BCUT2D eigenvalue weighted by atomic mass is 10.2. The van der Waals surface area contributed by atoms with Crippen LogP contribution in [0.15, 0.2) is 35.1 Å². The van der Waals surface area contributed by atoms with Crippen molar-refractivity contribution in [3.63, 3.8) is 0 Å². The van der Waals surface area contributed by atoms with Gasteiger partial charge in [-0.15, -0.1) is 0 Å². The van der Waals surface area contributed by atoms with E-state index in [0.29, 0.717) is 16.7 Å². The molecule has 1 aromatic carbocycles. The van der Waals surface area contributed by atoms with Gasteiger partial charge in [0.2, 0.25) is 0 Å². The third-order valence-corrected chi connectivity index (χ3v) is 2.68. The molecule has 0 aliphatic heterocycles. The molecule has 0 atom stereocenters. The lowest BCUT2D eigenvalue weighted by Gasteiger charge is -2.07. The number of aromatic nitrogens is 1. The van der Waals surface area contributed by atoms with E-state index < -0.39 is 29.0 Å². The molecule has 19 heavy (non-hydrogen) atoms. The lowest BCUT2D eigenvalue weighted by molar-refractivity contribution is 0.102. The van der Waals surface area contributed by atoms with Gasteiger partial charge < -0.3 is 5.32 Å². The van der Waals surface area contributed by atoms with Gasteiger partial charge in [0, 0.05) is 23.9 Å². The van der Waals surface area contributed by atoms with Crippen LogP contribution < -0.4 is 5.32 Å². The van der Waals surface area contributed by atoms with Gasteiger partial charge in [-0.3, -0.25) is 4.79 Å². The molecule has 0 aliphatic rings. The maximum atomic E-state index is 13.3. The molecule has 1 amide bonds. The van der Waals surface area contributed by atoms with Gasteiger partial charge in [-0.05, 0) is 28.1 Å². The molecule has 0 bridgehead atoms. The van der Waals surface area contributed by atoms with Crippen LogP contribution in [0.3, 0.4) is 0 Å². The number of carbonyl (C=O) groups is 1. The molecular weight excluding hydrogens is 325 g/mol. The van der Waals surface area contributed by atoms with Crippen molar-refractivity contribution in [3.8, 4) is 0 Å². The first-order valence-electron chi connectivity index (χ1n) is 5.05. The van der Waals surface area contributed by atoms with Crippen molar-refractivity contribution in [2.45, 2.75) is 0 Å². The van der Waals surface area contributed by atoms with E-state index in [1.165, 1.54) is 18.3 Å². The molecule has 2 aromatic rings. The van der Waals surface area contributed by atoms with E-state index in [1.54, 1.807) is 0 Å². The van der Waals surface area contributed by atoms with Crippen molar-refractivity contribution in [2.24, 2.45) is 0 Å². The Bertz CT molecular complexity index is 649. The lowest BCUT2D eigenvalue weighted by Crippen LogP contribution is -2.13. The van der Waals surface area contributed by atoms with Crippen molar-refractivity contribution in [2.75, 3.05) is 5.32 Å². The molecule has 1 aromatic heterocycles. The fourth-order valence-corrected chi connectivity index (χ4v) is 1.72. The summed E-state index contributed by atoms with van der Waals surface area (Å²) in [5, 5.41) is 2.15. The highest BCUT2D eigenvalue weighted by Crippen LogP contribution is 2.19. The van der Waals surface area contributed by atoms with Gasteiger partial charge in [-0.1, -0.05) is 0 Å². The van der Waals surface area contributed by atoms with Gasteiger partial charge in [0.25, 0.3) is 5.91 Å². The van der Waals surface area contributed by atoms with E-state index in [4.69, 9.17) is 0 Å². The number of benzene rings is 1. The summed E-state index contributed by atoms with van der Waals surface area (Å²) in [5.41, 5.74) is -0.233.